The molecular formula is C22H31N3O2S+2. The summed E-state index contributed by atoms with van der Waals surface area (Å²) in [6.07, 6.45) is 2.48. The van der Waals surface area contributed by atoms with Gasteiger partial charge in [0.15, 0.2) is 0 Å². The third kappa shape index (κ3) is 4.46. The van der Waals surface area contributed by atoms with Gasteiger partial charge in [0, 0.05) is 18.4 Å². The van der Waals surface area contributed by atoms with Crippen molar-refractivity contribution in [3.63, 3.8) is 0 Å². The first-order chi connectivity index (χ1) is 13.6. The Morgan fingerprint density at radius 3 is 2.00 bits per heavy atom. The Balaban J connectivity index is 1.27. The number of benzene rings is 2. The highest BCUT2D eigenvalue weighted by molar-refractivity contribution is 7.89. The number of nitrogens with one attached hydrogen (secondary N) is 2. The van der Waals surface area contributed by atoms with E-state index in [9.17, 15) is 8.42 Å². The minimum absolute atomic E-state index is 0.413. The molecule has 5 nitrogen and oxygen atoms in total. The lowest BCUT2D eigenvalue weighted by Crippen LogP contribution is -3.21. The Hall–Kier alpha value is -1.73. The van der Waals surface area contributed by atoms with Crippen molar-refractivity contribution in [3.05, 3.63) is 66.2 Å². The lowest BCUT2D eigenvalue weighted by molar-refractivity contribution is -0.965. The molecule has 0 aromatic heterocycles. The van der Waals surface area contributed by atoms with Crippen molar-refractivity contribution in [1.82, 2.24) is 4.31 Å². The highest BCUT2D eigenvalue weighted by Gasteiger charge is 2.35. The van der Waals surface area contributed by atoms with Crippen molar-refractivity contribution in [2.75, 3.05) is 39.3 Å². The maximum Gasteiger partial charge on any atom is 0.243 e. The van der Waals surface area contributed by atoms with Gasteiger partial charge in [-0.15, -0.1) is 0 Å². The highest BCUT2D eigenvalue weighted by atomic mass is 32.2. The summed E-state index contributed by atoms with van der Waals surface area (Å²) in [6, 6.07) is 20.3. The fourth-order valence-electron chi connectivity index (χ4n) is 4.66. The zero-order valence-corrected chi connectivity index (χ0v) is 17.2. The summed E-state index contributed by atoms with van der Waals surface area (Å²) in [4.78, 5) is 3.68. The number of nitrogens with zero attached hydrogens (tertiary/aromatic N) is 1. The van der Waals surface area contributed by atoms with Crippen LogP contribution in [-0.2, 0) is 16.6 Å². The lowest BCUT2D eigenvalue weighted by Gasteiger charge is -2.38. The Labute approximate surface area is 168 Å². The van der Waals surface area contributed by atoms with Crippen LogP contribution in [0.5, 0.6) is 0 Å². The van der Waals surface area contributed by atoms with Crippen molar-refractivity contribution in [1.29, 1.82) is 0 Å². The molecule has 2 aromatic rings. The number of hydrogen-bond donors (Lipinski definition) is 2. The normalized spacial score (nSPS) is 24.9. The Morgan fingerprint density at radius 1 is 0.821 bits per heavy atom. The summed E-state index contributed by atoms with van der Waals surface area (Å²) >= 11 is 0. The quantitative estimate of drug-likeness (QED) is 0.731. The van der Waals surface area contributed by atoms with Gasteiger partial charge in [0.1, 0.15) is 6.54 Å². The van der Waals surface area contributed by atoms with E-state index in [2.05, 4.69) is 30.3 Å². The molecule has 2 aliphatic heterocycles. The lowest BCUT2D eigenvalue weighted by atomic mass is 10.0. The molecule has 2 heterocycles. The van der Waals surface area contributed by atoms with Crippen molar-refractivity contribution in [2.24, 2.45) is 0 Å². The third-order valence-corrected chi connectivity index (χ3v) is 8.23. The van der Waals surface area contributed by atoms with Crippen LogP contribution in [0.25, 0.3) is 0 Å². The number of piperazine rings is 1. The molecular weight excluding hydrogens is 370 g/mol. The van der Waals surface area contributed by atoms with Crippen LogP contribution < -0.4 is 9.80 Å². The number of hydrogen-bond acceptors (Lipinski definition) is 2. The minimum Gasteiger partial charge on any atom is -0.331 e. The smallest absolute Gasteiger partial charge is 0.243 e. The Morgan fingerprint density at radius 2 is 1.39 bits per heavy atom. The topological polar surface area (TPSA) is 46.3 Å². The zero-order chi connectivity index (χ0) is 19.4. The minimum atomic E-state index is -3.34. The first-order valence-electron chi connectivity index (χ1n) is 10.4. The van der Waals surface area contributed by atoms with Crippen molar-refractivity contribution in [2.45, 2.75) is 30.3 Å². The number of rotatable bonds is 5. The van der Waals surface area contributed by atoms with Crippen LogP contribution in [0.3, 0.4) is 0 Å². The van der Waals surface area contributed by atoms with Crippen LogP contribution in [-0.4, -0.2) is 58.0 Å². The fourth-order valence-corrected chi connectivity index (χ4v) is 6.12. The fraction of sp³-hybridized carbons (Fsp3) is 0.455. The molecule has 2 saturated heterocycles. The molecule has 28 heavy (non-hydrogen) atoms. The molecule has 0 unspecified atom stereocenters. The van der Waals surface area contributed by atoms with Crippen molar-refractivity contribution < 1.29 is 18.2 Å². The van der Waals surface area contributed by atoms with E-state index in [1.807, 2.05) is 6.07 Å². The third-order valence-electron chi connectivity index (χ3n) is 6.31. The molecule has 0 bridgehead atoms. The number of quaternary nitrogens is 2. The molecule has 2 fully saturated rings. The molecule has 150 valence electrons. The maximum absolute atomic E-state index is 12.8. The second kappa shape index (κ2) is 8.74. The van der Waals surface area contributed by atoms with E-state index in [1.165, 1.54) is 31.5 Å². The van der Waals surface area contributed by atoms with Gasteiger partial charge in [-0.05, 0) is 12.1 Å². The maximum atomic E-state index is 12.8. The van der Waals surface area contributed by atoms with E-state index in [0.29, 0.717) is 24.0 Å². The van der Waals surface area contributed by atoms with Gasteiger partial charge in [-0.25, -0.2) is 8.42 Å². The Kier molecular flexibility index (Phi) is 6.11. The average Bonchev–Trinajstić information content (AvgIpc) is 2.76. The van der Waals surface area contributed by atoms with Crippen LogP contribution in [0.4, 0.5) is 0 Å². The van der Waals surface area contributed by atoms with Gasteiger partial charge in [-0.2, -0.15) is 4.31 Å². The number of piperidine rings is 1. The second-order valence-corrected chi connectivity index (χ2v) is 10.00. The van der Waals surface area contributed by atoms with Gasteiger partial charge in [-0.3, -0.25) is 0 Å². The van der Waals surface area contributed by atoms with Crippen molar-refractivity contribution in [3.8, 4) is 0 Å². The van der Waals surface area contributed by atoms with Crippen molar-refractivity contribution >= 4 is 10.0 Å². The van der Waals surface area contributed by atoms with E-state index in [1.54, 1.807) is 38.4 Å². The van der Waals surface area contributed by atoms with Gasteiger partial charge < -0.3 is 9.80 Å². The summed E-state index contributed by atoms with van der Waals surface area (Å²) in [5.41, 5.74) is 1.42. The van der Waals surface area contributed by atoms with Crippen LogP contribution in [0.2, 0.25) is 0 Å². The van der Waals surface area contributed by atoms with Gasteiger partial charge in [-0.1, -0.05) is 48.5 Å². The zero-order valence-electron chi connectivity index (χ0n) is 16.4. The standard InChI is InChI=1S/C22H29N3O2S/c26-28(27,22-9-5-2-6-10-22)25-17-15-24(16-18-25)21-11-13-23(14-12-21)19-20-7-3-1-4-8-20/h1-10,21H,11-19H2/p+2. The molecule has 0 atom stereocenters. The van der Waals surface area contributed by atoms with Crippen LogP contribution in [0.15, 0.2) is 65.6 Å². The van der Waals surface area contributed by atoms with E-state index >= 15 is 0 Å². The van der Waals surface area contributed by atoms with Gasteiger partial charge in [0.25, 0.3) is 0 Å². The van der Waals surface area contributed by atoms with Gasteiger partial charge in [0.05, 0.1) is 50.2 Å². The summed E-state index contributed by atoms with van der Waals surface area (Å²) in [6.45, 7) is 6.65. The molecule has 0 radical (unpaired) electrons. The largest absolute Gasteiger partial charge is 0.331 e. The molecule has 0 saturated carbocycles. The molecule has 0 spiro atoms. The summed E-state index contributed by atoms with van der Waals surface area (Å²) in [7, 11) is -3.34. The van der Waals surface area contributed by atoms with E-state index < -0.39 is 10.0 Å². The van der Waals surface area contributed by atoms with Gasteiger partial charge in [0.2, 0.25) is 10.0 Å². The number of sulfonamides is 1. The predicted octanol–water partition coefficient (Wildman–Crippen LogP) is -0.177. The number of likely N-dealkylation sites (tertiary alicyclic amines) is 1. The molecule has 0 amide bonds. The van der Waals surface area contributed by atoms with E-state index in [0.717, 1.165) is 19.6 Å². The first-order valence-corrected chi connectivity index (χ1v) is 11.8. The summed E-state index contributed by atoms with van der Waals surface area (Å²) < 4.78 is 27.3. The average molecular weight is 402 g/mol. The first kappa shape index (κ1) is 19.6. The Bertz CT molecular complexity index is 842. The molecule has 4 rings (SSSR count). The molecule has 2 aliphatic rings. The van der Waals surface area contributed by atoms with E-state index in [4.69, 9.17) is 0 Å². The highest BCUT2D eigenvalue weighted by Crippen LogP contribution is 2.15. The predicted molar refractivity (Wildman–Crippen MR) is 110 cm³/mol. The monoisotopic (exact) mass is 401 g/mol. The van der Waals surface area contributed by atoms with Crippen LogP contribution >= 0.6 is 0 Å². The summed E-state index contributed by atoms with van der Waals surface area (Å²) in [5.74, 6) is 0. The van der Waals surface area contributed by atoms with Crippen LogP contribution in [0, 0.1) is 0 Å². The van der Waals surface area contributed by atoms with E-state index in [-0.39, 0.29) is 0 Å². The molecule has 6 heteroatoms. The molecule has 2 N–H and O–H groups in total. The summed E-state index contributed by atoms with van der Waals surface area (Å²) in [5, 5.41) is 0. The molecule has 2 aromatic carbocycles. The second-order valence-electron chi connectivity index (χ2n) is 8.06. The van der Waals surface area contributed by atoms with Gasteiger partial charge >= 0.3 is 0 Å². The SMILES string of the molecule is O=S(=O)(c1ccccc1)N1CC[NH+](C2CC[NH+](Cc3ccccc3)CC2)CC1. The van der Waals surface area contributed by atoms with Crippen LogP contribution in [0.1, 0.15) is 18.4 Å². The molecule has 0 aliphatic carbocycles.